The summed E-state index contributed by atoms with van der Waals surface area (Å²) in [6.45, 7) is 6.94. The number of hydrogen-bond acceptors (Lipinski definition) is 6. The quantitative estimate of drug-likeness (QED) is 0.688. The fourth-order valence-corrected chi connectivity index (χ4v) is 1.78. The number of carbonyl (C=O) groups is 3. The number of nitrogens with two attached hydrogens (primary N) is 3. The summed E-state index contributed by atoms with van der Waals surface area (Å²) in [6, 6.07) is 9.54. The Balaban J connectivity index is 0. The van der Waals surface area contributed by atoms with Crippen molar-refractivity contribution in [1.29, 1.82) is 0 Å². The second-order valence-corrected chi connectivity index (χ2v) is 6.05. The Kier molecular flexibility index (Phi) is 15.8. The molecule has 0 saturated carbocycles. The Morgan fingerprint density at radius 2 is 1.36 bits per heavy atom. The van der Waals surface area contributed by atoms with Gasteiger partial charge in [-0.1, -0.05) is 30.3 Å². The van der Waals surface area contributed by atoms with E-state index in [-0.39, 0.29) is 29.4 Å². The van der Waals surface area contributed by atoms with E-state index in [0.717, 1.165) is 5.56 Å². The Labute approximate surface area is 151 Å². The van der Waals surface area contributed by atoms with Crippen LogP contribution in [0.25, 0.3) is 0 Å². The first-order valence-electron chi connectivity index (χ1n) is 8.34. The lowest BCUT2D eigenvalue weighted by molar-refractivity contribution is -0.118. The average Bonchev–Trinajstić information content (AvgIpc) is 2.47. The number of ketones is 3. The van der Waals surface area contributed by atoms with Gasteiger partial charge >= 0.3 is 0 Å². The molecule has 0 aliphatic heterocycles. The van der Waals surface area contributed by atoms with E-state index in [1.807, 2.05) is 37.3 Å². The van der Waals surface area contributed by atoms with Crippen molar-refractivity contribution in [3.63, 3.8) is 0 Å². The highest BCUT2D eigenvalue weighted by molar-refractivity contribution is 5.76. The highest BCUT2D eigenvalue weighted by Crippen LogP contribution is 2.12. The van der Waals surface area contributed by atoms with E-state index >= 15 is 0 Å². The maximum absolute atomic E-state index is 10.7. The molecule has 1 aromatic rings. The topological polar surface area (TPSA) is 129 Å². The number of Topliss-reactive ketones (excluding diaryl/α,β-unsaturated/α-hetero) is 3. The molecule has 0 fully saturated rings. The zero-order chi connectivity index (χ0) is 19.8. The number of rotatable bonds is 7. The third kappa shape index (κ3) is 20.1. The summed E-state index contributed by atoms with van der Waals surface area (Å²) in [6.07, 6.45) is 1.43. The molecule has 0 aromatic heterocycles. The molecule has 0 aliphatic carbocycles. The standard InChI is InChI=1S/C10H13NO.C5H11NO.C4H9NO/c1-8(12)7-10(11)9-5-3-2-4-6-9;1-4(6)3-5(2)7;1-4(6)2-3-5/h2-6,10H,7,11H2,1H3;4H,3,6H2,1-2H3;2-3,5H2,1H3. The lowest BCUT2D eigenvalue weighted by Crippen LogP contribution is -2.17. The van der Waals surface area contributed by atoms with Crippen LogP contribution in [0.1, 0.15) is 58.6 Å². The van der Waals surface area contributed by atoms with Crippen LogP contribution in [0.5, 0.6) is 0 Å². The van der Waals surface area contributed by atoms with Crippen molar-refractivity contribution >= 4 is 17.3 Å². The molecule has 0 radical (unpaired) electrons. The Bertz CT molecular complexity index is 502. The average molecular weight is 351 g/mol. The zero-order valence-electron chi connectivity index (χ0n) is 15.8. The van der Waals surface area contributed by atoms with Gasteiger partial charge in [-0.2, -0.15) is 0 Å². The van der Waals surface area contributed by atoms with Crippen LogP contribution >= 0.6 is 0 Å². The highest BCUT2D eigenvalue weighted by Gasteiger charge is 2.06. The summed E-state index contributed by atoms with van der Waals surface area (Å²) in [5.74, 6) is 0.457. The predicted molar refractivity (Wildman–Crippen MR) is 102 cm³/mol. The van der Waals surface area contributed by atoms with E-state index in [9.17, 15) is 14.4 Å². The van der Waals surface area contributed by atoms with Gasteiger partial charge in [-0.25, -0.2) is 0 Å². The minimum absolute atomic E-state index is 0.0255. The van der Waals surface area contributed by atoms with E-state index in [4.69, 9.17) is 17.2 Å². The van der Waals surface area contributed by atoms with Gasteiger partial charge < -0.3 is 17.2 Å². The smallest absolute Gasteiger partial charge is 0.131 e. The SMILES string of the molecule is CC(=O)CC(C)N.CC(=O)CC(N)c1ccccc1.CC(=O)CCN. The van der Waals surface area contributed by atoms with Crippen molar-refractivity contribution in [3.8, 4) is 0 Å². The molecular formula is C19H33N3O3. The monoisotopic (exact) mass is 351 g/mol. The van der Waals surface area contributed by atoms with Crippen molar-refractivity contribution in [2.45, 2.75) is 59.0 Å². The van der Waals surface area contributed by atoms with E-state index in [0.29, 0.717) is 25.8 Å². The van der Waals surface area contributed by atoms with Crippen LogP contribution in [0.15, 0.2) is 30.3 Å². The largest absolute Gasteiger partial charge is 0.330 e. The van der Waals surface area contributed by atoms with Crippen molar-refractivity contribution in [2.24, 2.45) is 17.2 Å². The van der Waals surface area contributed by atoms with Gasteiger partial charge in [0.05, 0.1) is 0 Å². The number of carbonyl (C=O) groups excluding carboxylic acids is 3. The minimum atomic E-state index is -0.149. The summed E-state index contributed by atoms with van der Waals surface area (Å²) < 4.78 is 0. The first-order valence-corrected chi connectivity index (χ1v) is 8.34. The summed E-state index contributed by atoms with van der Waals surface area (Å²) in [5.41, 5.74) is 17.1. The molecule has 6 heteroatoms. The molecule has 2 atom stereocenters. The van der Waals surface area contributed by atoms with Gasteiger partial charge in [0.2, 0.25) is 0 Å². The second kappa shape index (κ2) is 15.6. The van der Waals surface area contributed by atoms with E-state index in [2.05, 4.69) is 0 Å². The van der Waals surface area contributed by atoms with Crippen molar-refractivity contribution in [3.05, 3.63) is 35.9 Å². The maximum atomic E-state index is 10.7. The molecular weight excluding hydrogens is 318 g/mol. The van der Waals surface area contributed by atoms with Gasteiger partial charge in [0.1, 0.15) is 17.3 Å². The fourth-order valence-electron chi connectivity index (χ4n) is 1.78. The van der Waals surface area contributed by atoms with E-state index in [1.165, 1.54) is 6.92 Å². The molecule has 0 spiro atoms. The lowest BCUT2D eigenvalue weighted by Gasteiger charge is -2.08. The van der Waals surface area contributed by atoms with Crippen LogP contribution in [0.4, 0.5) is 0 Å². The van der Waals surface area contributed by atoms with Gasteiger partial charge in [-0.05, 0) is 39.8 Å². The van der Waals surface area contributed by atoms with Crippen molar-refractivity contribution < 1.29 is 14.4 Å². The Morgan fingerprint density at radius 3 is 1.60 bits per heavy atom. The molecule has 2 unspecified atom stereocenters. The molecule has 1 rings (SSSR count). The summed E-state index contributed by atoms with van der Waals surface area (Å²) in [5, 5.41) is 0. The molecule has 25 heavy (non-hydrogen) atoms. The summed E-state index contributed by atoms with van der Waals surface area (Å²) in [7, 11) is 0. The zero-order valence-corrected chi connectivity index (χ0v) is 15.8. The van der Waals surface area contributed by atoms with Crippen LogP contribution in [0.3, 0.4) is 0 Å². The van der Waals surface area contributed by atoms with Gasteiger partial charge in [-0.15, -0.1) is 0 Å². The molecule has 0 heterocycles. The first kappa shape index (κ1) is 25.4. The third-order valence-corrected chi connectivity index (χ3v) is 2.84. The van der Waals surface area contributed by atoms with Gasteiger partial charge in [-0.3, -0.25) is 14.4 Å². The highest BCUT2D eigenvalue weighted by atomic mass is 16.1. The first-order chi connectivity index (χ1) is 11.6. The minimum Gasteiger partial charge on any atom is -0.330 e. The molecule has 1 aromatic carbocycles. The van der Waals surface area contributed by atoms with Crippen molar-refractivity contribution in [2.75, 3.05) is 6.54 Å². The van der Waals surface area contributed by atoms with E-state index < -0.39 is 0 Å². The molecule has 0 bridgehead atoms. The molecule has 6 N–H and O–H groups in total. The third-order valence-electron chi connectivity index (χ3n) is 2.84. The van der Waals surface area contributed by atoms with Gasteiger partial charge in [0.25, 0.3) is 0 Å². The van der Waals surface area contributed by atoms with Gasteiger partial charge in [0, 0.05) is 31.3 Å². The molecule has 0 amide bonds. The molecule has 0 aliphatic rings. The Morgan fingerprint density at radius 1 is 0.880 bits per heavy atom. The molecule has 0 saturated heterocycles. The second-order valence-electron chi connectivity index (χ2n) is 6.05. The summed E-state index contributed by atoms with van der Waals surface area (Å²) in [4.78, 5) is 30.9. The van der Waals surface area contributed by atoms with E-state index in [1.54, 1.807) is 13.8 Å². The normalized spacial score (nSPS) is 11.8. The number of benzene rings is 1. The van der Waals surface area contributed by atoms with Crippen LogP contribution in [-0.2, 0) is 14.4 Å². The lowest BCUT2D eigenvalue weighted by atomic mass is 10.0. The van der Waals surface area contributed by atoms with Gasteiger partial charge in [0.15, 0.2) is 0 Å². The predicted octanol–water partition coefficient (Wildman–Crippen LogP) is 1.90. The van der Waals surface area contributed by atoms with Crippen LogP contribution in [0.2, 0.25) is 0 Å². The summed E-state index contributed by atoms with van der Waals surface area (Å²) >= 11 is 0. The van der Waals surface area contributed by atoms with Crippen molar-refractivity contribution in [1.82, 2.24) is 0 Å². The van der Waals surface area contributed by atoms with Crippen LogP contribution < -0.4 is 17.2 Å². The molecule has 6 nitrogen and oxygen atoms in total. The molecule has 142 valence electrons. The maximum Gasteiger partial charge on any atom is 0.131 e. The fraction of sp³-hybridized carbons (Fsp3) is 0.526. The van der Waals surface area contributed by atoms with Crippen LogP contribution in [0, 0.1) is 0 Å². The van der Waals surface area contributed by atoms with Crippen LogP contribution in [-0.4, -0.2) is 29.9 Å². The Hall–Kier alpha value is -1.89. The number of hydrogen-bond donors (Lipinski definition) is 3.